The predicted octanol–water partition coefficient (Wildman–Crippen LogP) is 5.42. The van der Waals surface area contributed by atoms with E-state index < -0.39 is 0 Å². The number of thioether (sulfide) groups is 1. The number of halogens is 2. The van der Waals surface area contributed by atoms with Gasteiger partial charge in [-0.2, -0.15) is 0 Å². The van der Waals surface area contributed by atoms with Crippen LogP contribution in [0.25, 0.3) is 11.4 Å². The summed E-state index contributed by atoms with van der Waals surface area (Å²) >= 11 is 12.3. The molecule has 0 N–H and O–H groups in total. The second kappa shape index (κ2) is 7.82. The Morgan fingerprint density at radius 3 is 2.83 bits per heavy atom. The summed E-state index contributed by atoms with van der Waals surface area (Å²) in [5, 5.41) is 9.90. The van der Waals surface area contributed by atoms with Crippen molar-refractivity contribution in [2.45, 2.75) is 18.6 Å². The number of hydrogen-bond acceptors (Lipinski definition) is 5. The number of rotatable bonds is 6. The Bertz CT molecular complexity index is 878. The summed E-state index contributed by atoms with van der Waals surface area (Å²) < 4.78 is 2.95. The average Bonchev–Trinajstić information content (AvgIpc) is 3.18. The fourth-order valence-corrected chi connectivity index (χ4v) is 4.68. The molecule has 0 spiro atoms. The van der Waals surface area contributed by atoms with Crippen LogP contribution in [0.3, 0.4) is 0 Å². The Kier molecular flexibility index (Phi) is 5.76. The second-order valence-corrected chi connectivity index (χ2v) is 8.72. The van der Waals surface area contributed by atoms with Crippen LogP contribution in [0.15, 0.2) is 45.3 Å². The quantitative estimate of drug-likeness (QED) is 0.378. The molecule has 2 heterocycles. The van der Waals surface area contributed by atoms with Gasteiger partial charge in [-0.25, -0.2) is 0 Å². The summed E-state index contributed by atoms with van der Waals surface area (Å²) in [7, 11) is 0. The number of aromatic nitrogens is 3. The lowest BCUT2D eigenvalue weighted by Crippen LogP contribution is -2.03. The van der Waals surface area contributed by atoms with Crippen molar-refractivity contribution < 1.29 is 4.79 Å². The van der Waals surface area contributed by atoms with Crippen LogP contribution in [0, 0.1) is 0 Å². The van der Waals surface area contributed by atoms with Crippen LogP contribution in [-0.4, -0.2) is 26.3 Å². The molecule has 0 saturated carbocycles. The van der Waals surface area contributed by atoms with E-state index in [-0.39, 0.29) is 5.78 Å². The standard InChI is InChI=1S/C16H13BrClN3OS2/c1-2-21-15(10-4-3-5-11(18)8-10)19-20-16(21)23-9-12(22)13-6-7-14(17)24-13/h3-8H,2,9H2,1H3. The smallest absolute Gasteiger partial charge is 0.191 e. The highest BCUT2D eigenvalue weighted by molar-refractivity contribution is 9.11. The monoisotopic (exact) mass is 441 g/mol. The average molecular weight is 443 g/mol. The van der Waals surface area contributed by atoms with E-state index in [4.69, 9.17) is 11.6 Å². The molecule has 24 heavy (non-hydrogen) atoms. The van der Waals surface area contributed by atoms with E-state index in [0.29, 0.717) is 10.8 Å². The van der Waals surface area contributed by atoms with Gasteiger partial charge < -0.3 is 4.57 Å². The van der Waals surface area contributed by atoms with Gasteiger partial charge in [0.1, 0.15) is 0 Å². The third-order valence-electron chi connectivity index (χ3n) is 3.30. The summed E-state index contributed by atoms with van der Waals surface area (Å²) in [6, 6.07) is 11.2. The van der Waals surface area contributed by atoms with E-state index in [2.05, 4.69) is 26.1 Å². The lowest BCUT2D eigenvalue weighted by molar-refractivity contribution is 0.102. The van der Waals surface area contributed by atoms with Crippen molar-refractivity contribution in [3.8, 4) is 11.4 Å². The molecule has 0 unspecified atom stereocenters. The Labute approximate surface area is 161 Å². The van der Waals surface area contributed by atoms with E-state index in [1.165, 1.54) is 23.1 Å². The molecule has 3 aromatic rings. The van der Waals surface area contributed by atoms with Gasteiger partial charge in [0, 0.05) is 17.1 Å². The summed E-state index contributed by atoms with van der Waals surface area (Å²) in [5.41, 5.74) is 0.914. The lowest BCUT2D eigenvalue weighted by Gasteiger charge is -2.07. The lowest BCUT2D eigenvalue weighted by atomic mass is 10.2. The molecule has 0 atom stereocenters. The normalized spacial score (nSPS) is 11.0. The SMILES string of the molecule is CCn1c(SCC(=O)c2ccc(Br)s2)nnc1-c1cccc(Cl)c1. The molecule has 0 aliphatic rings. The van der Waals surface area contributed by atoms with Crippen LogP contribution >= 0.6 is 50.6 Å². The highest BCUT2D eigenvalue weighted by Gasteiger charge is 2.16. The fourth-order valence-electron chi connectivity index (χ4n) is 2.19. The van der Waals surface area contributed by atoms with E-state index in [1.54, 1.807) is 0 Å². The van der Waals surface area contributed by atoms with E-state index >= 15 is 0 Å². The van der Waals surface area contributed by atoms with Crippen LogP contribution in [-0.2, 0) is 6.54 Å². The largest absolute Gasteiger partial charge is 0.302 e. The maximum absolute atomic E-state index is 12.2. The zero-order valence-electron chi connectivity index (χ0n) is 12.7. The van der Waals surface area contributed by atoms with Crippen molar-refractivity contribution in [3.63, 3.8) is 0 Å². The van der Waals surface area contributed by atoms with Crippen LogP contribution in [0.5, 0.6) is 0 Å². The first-order valence-corrected chi connectivity index (χ1v) is 10.2. The number of nitrogens with zero attached hydrogens (tertiary/aromatic N) is 3. The molecule has 1 aromatic carbocycles. The number of Topliss-reactive ketones (excluding diaryl/α,β-unsaturated/α-hetero) is 1. The van der Waals surface area contributed by atoms with Crippen LogP contribution < -0.4 is 0 Å². The molecule has 3 rings (SSSR count). The molecule has 0 aliphatic heterocycles. The number of hydrogen-bond donors (Lipinski definition) is 0. The molecule has 0 aliphatic carbocycles. The van der Waals surface area contributed by atoms with Gasteiger partial charge in [0.2, 0.25) is 0 Å². The Hall–Kier alpha value is -1.15. The van der Waals surface area contributed by atoms with Crippen LogP contribution in [0.2, 0.25) is 5.02 Å². The number of carbonyl (C=O) groups is 1. The van der Waals surface area contributed by atoms with Gasteiger partial charge in [0.15, 0.2) is 16.8 Å². The topological polar surface area (TPSA) is 47.8 Å². The van der Waals surface area contributed by atoms with Gasteiger partial charge >= 0.3 is 0 Å². The van der Waals surface area contributed by atoms with E-state index in [1.807, 2.05) is 47.9 Å². The van der Waals surface area contributed by atoms with Crippen LogP contribution in [0.1, 0.15) is 16.6 Å². The maximum Gasteiger partial charge on any atom is 0.191 e. The minimum Gasteiger partial charge on any atom is -0.302 e. The van der Waals surface area contributed by atoms with Gasteiger partial charge in [-0.05, 0) is 47.1 Å². The van der Waals surface area contributed by atoms with Crippen molar-refractivity contribution in [2.24, 2.45) is 0 Å². The van der Waals surface area contributed by atoms with E-state index in [0.717, 1.165) is 31.8 Å². The number of benzene rings is 1. The first-order valence-electron chi connectivity index (χ1n) is 7.19. The molecular weight excluding hydrogens is 430 g/mol. The van der Waals surface area contributed by atoms with E-state index in [9.17, 15) is 4.79 Å². The Morgan fingerprint density at radius 1 is 1.33 bits per heavy atom. The molecule has 0 saturated heterocycles. The van der Waals surface area contributed by atoms with Crippen molar-refractivity contribution in [2.75, 3.05) is 5.75 Å². The van der Waals surface area contributed by atoms with Gasteiger partial charge in [-0.1, -0.05) is 35.5 Å². The van der Waals surface area contributed by atoms with Crippen molar-refractivity contribution in [1.82, 2.24) is 14.8 Å². The first kappa shape index (κ1) is 17.7. The van der Waals surface area contributed by atoms with Crippen molar-refractivity contribution in [1.29, 1.82) is 0 Å². The molecule has 4 nitrogen and oxygen atoms in total. The zero-order chi connectivity index (χ0) is 17.1. The Morgan fingerprint density at radius 2 is 2.17 bits per heavy atom. The number of carbonyl (C=O) groups excluding carboxylic acids is 1. The third kappa shape index (κ3) is 3.91. The highest BCUT2D eigenvalue weighted by Crippen LogP contribution is 2.28. The van der Waals surface area contributed by atoms with Crippen LogP contribution in [0.4, 0.5) is 0 Å². The van der Waals surface area contributed by atoms with Gasteiger partial charge in [-0.3, -0.25) is 4.79 Å². The molecule has 0 fully saturated rings. The molecule has 0 bridgehead atoms. The summed E-state index contributed by atoms with van der Waals surface area (Å²) in [5.74, 6) is 1.18. The molecule has 0 amide bonds. The molecule has 2 aromatic heterocycles. The minimum absolute atomic E-state index is 0.0886. The first-order chi connectivity index (χ1) is 11.6. The molecule has 8 heteroatoms. The highest BCUT2D eigenvalue weighted by atomic mass is 79.9. The summed E-state index contributed by atoms with van der Waals surface area (Å²) in [6.07, 6.45) is 0. The van der Waals surface area contributed by atoms with Crippen molar-refractivity contribution in [3.05, 3.63) is 50.1 Å². The molecular formula is C16H13BrClN3OS2. The van der Waals surface area contributed by atoms with Gasteiger partial charge in [0.05, 0.1) is 14.4 Å². The zero-order valence-corrected chi connectivity index (χ0v) is 16.7. The minimum atomic E-state index is 0.0886. The number of thiophene rings is 1. The fraction of sp³-hybridized carbons (Fsp3) is 0.188. The third-order valence-corrected chi connectivity index (χ3v) is 6.16. The summed E-state index contributed by atoms with van der Waals surface area (Å²) in [4.78, 5) is 13.0. The van der Waals surface area contributed by atoms with Gasteiger partial charge in [0.25, 0.3) is 0 Å². The molecule has 124 valence electrons. The van der Waals surface area contributed by atoms with Gasteiger partial charge in [-0.15, -0.1) is 21.5 Å². The van der Waals surface area contributed by atoms with Crippen molar-refractivity contribution >= 4 is 56.4 Å². The predicted molar refractivity (Wildman–Crippen MR) is 103 cm³/mol. The second-order valence-electron chi connectivity index (χ2n) is 4.88. The summed E-state index contributed by atoms with van der Waals surface area (Å²) in [6.45, 7) is 2.75. The molecule has 0 radical (unpaired) electrons. The maximum atomic E-state index is 12.2. The number of ketones is 1. The Balaban J connectivity index is 1.78.